The number of aromatic nitrogens is 2. The smallest absolute Gasteiger partial charge is 0.278 e. The van der Waals surface area contributed by atoms with Crippen LogP contribution in [0.4, 0.5) is 5.69 Å². The number of aryl methyl sites for hydroxylation is 1. The number of carbonyl (C=O) groups is 1. The lowest BCUT2D eigenvalue weighted by Gasteiger charge is -2.06. The minimum Gasteiger partial charge on any atom is -0.348 e. The van der Waals surface area contributed by atoms with Crippen molar-refractivity contribution < 1.29 is 9.72 Å². The second-order valence-corrected chi connectivity index (χ2v) is 4.84. The Bertz CT molecular complexity index is 845. The molecule has 0 aliphatic heterocycles. The lowest BCUT2D eigenvalue weighted by molar-refractivity contribution is -0.383. The van der Waals surface area contributed by atoms with Gasteiger partial charge in [0.15, 0.2) is 5.78 Å². The highest BCUT2D eigenvalue weighted by Crippen LogP contribution is 2.26. The topological polar surface area (TPSA) is 70.1 Å². The molecular weight excluding hydrogens is 270 g/mol. The van der Waals surface area contributed by atoms with E-state index < -0.39 is 4.92 Å². The molecule has 0 unspecified atom stereocenters. The first-order valence-electron chi connectivity index (χ1n) is 6.44. The molecule has 0 aliphatic rings. The SMILES string of the molecule is Cn1cccc1C(=O)Cn1ccc2c([N+](=O)[O-])cccc21. The fraction of sp³-hybridized carbons (Fsp3) is 0.133. The predicted molar refractivity (Wildman–Crippen MR) is 78.3 cm³/mol. The molecule has 0 saturated carbocycles. The van der Waals surface area contributed by atoms with Gasteiger partial charge < -0.3 is 9.13 Å². The van der Waals surface area contributed by atoms with Crippen molar-refractivity contribution in [3.05, 3.63) is 64.6 Å². The molecule has 3 rings (SSSR count). The highest BCUT2D eigenvalue weighted by molar-refractivity contribution is 5.96. The number of non-ortho nitro benzene ring substituents is 1. The highest BCUT2D eigenvalue weighted by Gasteiger charge is 2.16. The number of nitro groups is 1. The van der Waals surface area contributed by atoms with E-state index in [1.165, 1.54) is 6.07 Å². The average molecular weight is 283 g/mol. The van der Waals surface area contributed by atoms with Gasteiger partial charge in [-0.15, -0.1) is 0 Å². The summed E-state index contributed by atoms with van der Waals surface area (Å²) in [6.45, 7) is 0.155. The predicted octanol–water partition coefficient (Wildman–Crippen LogP) is 2.77. The van der Waals surface area contributed by atoms with E-state index in [0.29, 0.717) is 16.6 Å². The van der Waals surface area contributed by atoms with Crippen molar-refractivity contribution in [1.82, 2.24) is 9.13 Å². The van der Waals surface area contributed by atoms with Crippen LogP contribution in [-0.4, -0.2) is 19.8 Å². The molecule has 6 heteroatoms. The van der Waals surface area contributed by atoms with Gasteiger partial charge in [0.2, 0.25) is 0 Å². The zero-order valence-electron chi connectivity index (χ0n) is 11.4. The molecule has 2 heterocycles. The molecule has 0 saturated heterocycles. The molecule has 1 aromatic carbocycles. The minimum atomic E-state index is -0.411. The second kappa shape index (κ2) is 4.90. The Hall–Kier alpha value is -2.89. The third kappa shape index (κ3) is 2.20. The van der Waals surface area contributed by atoms with E-state index in [1.54, 1.807) is 39.6 Å². The van der Waals surface area contributed by atoms with Gasteiger partial charge in [0.25, 0.3) is 5.69 Å². The van der Waals surface area contributed by atoms with Crippen molar-refractivity contribution in [3.63, 3.8) is 0 Å². The molecule has 3 aromatic rings. The van der Waals surface area contributed by atoms with Crippen molar-refractivity contribution in [2.75, 3.05) is 0 Å². The Morgan fingerprint density at radius 2 is 2.00 bits per heavy atom. The van der Waals surface area contributed by atoms with Crippen LogP contribution in [0.2, 0.25) is 0 Å². The molecule has 106 valence electrons. The molecule has 0 aliphatic carbocycles. The van der Waals surface area contributed by atoms with Gasteiger partial charge in [-0.2, -0.15) is 0 Å². The Kier molecular flexibility index (Phi) is 3.06. The summed E-state index contributed by atoms with van der Waals surface area (Å²) in [7, 11) is 1.81. The summed E-state index contributed by atoms with van der Waals surface area (Å²) in [5, 5.41) is 11.5. The summed E-state index contributed by atoms with van der Waals surface area (Å²) < 4.78 is 3.49. The van der Waals surface area contributed by atoms with Crippen LogP contribution in [0.5, 0.6) is 0 Å². The quantitative estimate of drug-likeness (QED) is 0.420. The van der Waals surface area contributed by atoms with Gasteiger partial charge in [-0.1, -0.05) is 6.07 Å². The Labute approximate surface area is 120 Å². The number of carbonyl (C=O) groups excluding carboxylic acids is 1. The fourth-order valence-corrected chi connectivity index (χ4v) is 2.49. The number of Topliss-reactive ketones (excluding diaryl/α,β-unsaturated/α-hetero) is 1. The molecule has 2 aromatic heterocycles. The van der Waals surface area contributed by atoms with Crippen LogP contribution >= 0.6 is 0 Å². The maximum Gasteiger partial charge on any atom is 0.278 e. The minimum absolute atomic E-state index is 0.0356. The van der Waals surface area contributed by atoms with Crippen LogP contribution in [0.1, 0.15) is 10.5 Å². The standard InChI is InChI=1S/C15H13N3O3/c1-16-8-3-6-14(16)15(19)10-17-9-7-11-12(17)4-2-5-13(11)18(20)21/h2-9H,10H2,1H3. The van der Waals surface area contributed by atoms with Crippen LogP contribution < -0.4 is 0 Å². The van der Waals surface area contributed by atoms with Gasteiger partial charge in [0.1, 0.15) is 0 Å². The molecule has 0 fully saturated rings. The summed E-state index contributed by atoms with van der Waals surface area (Å²) in [5.74, 6) is -0.0356. The maximum atomic E-state index is 12.3. The Morgan fingerprint density at radius 1 is 1.19 bits per heavy atom. The van der Waals surface area contributed by atoms with Gasteiger partial charge in [-0.25, -0.2) is 0 Å². The van der Waals surface area contributed by atoms with E-state index in [2.05, 4.69) is 0 Å². The van der Waals surface area contributed by atoms with Crippen LogP contribution in [0.15, 0.2) is 48.8 Å². The molecule has 0 bridgehead atoms. The average Bonchev–Trinajstić information content (AvgIpc) is 3.05. The lowest BCUT2D eigenvalue weighted by Crippen LogP contribution is -2.12. The number of nitro benzene ring substituents is 1. The number of benzene rings is 1. The summed E-state index contributed by atoms with van der Waals surface area (Å²) >= 11 is 0. The van der Waals surface area contributed by atoms with Gasteiger partial charge in [0.05, 0.1) is 28.1 Å². The highest BCUT2D eigenvalue weighted by atomic mass is 16.6. The van der Waals surface area contributed by atoms with Crippen LogP contribution in [0.25, 0.3) is 10.9 Å². The number of fused-ring (bicyclic) bond motifs is 1. The van der Waals surface area contributed by atoms with Crippen LogP contribution in [0, 0.1) is 10.1 Å². The summed E-state index contributed by atoms with van der Waals surface area (Å²) in [5.41, 5.74) is 1.35. The molecule has 21 heavy (non-hydrogen) atoms. The molecular formula is C15H13N3O3. The zero-order chi connectivity index (χ0) is 15.0. The van der Waals surface area contributed by atoms with E-state index in [9.17, 15) is 14.9 Å². The van der Waals surface area contributed by atoms with E-state index >= 15 is 0 Å². The number of rotatable bonds is 4. The Balaban J connectivity index is 1.99. The third-order valence-electron chi connectivity index (χ3n) is 3.53. The van der Waals surface area contributed by atoms with Gasteiger partial charge in [-0.05, 0) is 24.3 Å². The van der Waals surface area contributed by atoms with E-state index in [1.807, 2.05) is 19.3 Å². The van der Waals surface area contributed by atoms with E-state index in [0.717, 1.165) is 0 Å². The number of hydrogen-bond donors (Lipinski definition) is 0. The molecule has 0 amide bonds. The largest absolute Gasteiger partial charge is 0.348 e. The van der Waals surface area contributed by atoms with Crippen molar-refractivity contribution in [2.45, 2.75) is 6.54 Å². The first kappa shape index (κ1) is 13.1. The first-order valence-corrected chi connectivity index (χ1v) is 6.44. The summed E-state index contributed by atoms with van der Waals surface area (Å²) in [6.07, 6.45) is 3.52. The number of ketones is 1. The van der Waals surface area contributed by atoms with Gasteiger partial charge in [0, 0.05) is 25.5 Å². The lowest BCUT2D eigenvalue weighted by atomic mass is 10.2. The van der Waals surface area contributed by atoms with E-state index in [-0.39, 0.29) is 18.0 Å². The summed E-state index contributed by atoms with van der Waals surface area (Å²) in [4.78, 5) is 22.9. The zero-order valence-corrected chi connectivity index (χ0v) is 11.4. The molecule has 0 spiro atoms. The van der Waals surface area contributed by atoms with Crippen molar-refractivity contribution >= 4 is 22.4 Å². The van der Waals surface area contributed by atoms with Crippen LogP contribution in [-0.2, 0) is 13.6 Å². The maximum absolute atomic E-state index is 12.3. The Morgan fingerprint density at radius 3 is 2.67 bits per heavy atom. The van der Waals surface area contributed by atoms with Crippen LogP contribution in [0.3, 0.4) is 0 Å². The second-order valence-electron chi connectivity index (χ2n) is 4.84. The molecule has 0 radical (unpaired) electrons. The normalized spacial score (nSPS) is 10.9. The number of hydrogen-bond acceptors (Lipinski definition) is 3. The third-order valence-corrected chi connectivity index (χ3v) is 3.53. The summed E-state index contributed by atoms with van der Waals surface area (Å²) in [6, 6.07) is 10.1. The first-order chi connectivity index (χ1) is 10.1. The number of nitrogens with zero attached hydrogens (tertiary/aromatic N) is 3. The van der Waals surface area contributed by atoms with Gasteiger partial charge in [-0.3, -0.25) is 14.9 Å². The molecule has 0 N–H and O–H groups in total. The van der Waals surface area contributed by atoms with Gasteiger partial charge >= 0.3 is 0 Å². The van der Waals surface area contributed by atoms with Crippen molar-refractivity contribution in [1.29, 1.82) is 0 Å². The van der Waals surface area contributed by atoms with E-state index in [4.69, 9.17) is 0 Å². The molecule has 6 nitrogen and oxygen atoms in total. The fourth-order valence-electron chi connectivity index (χ4n) is 2.49. The molecule has 0 atom stereocenters. The van der Waals surface area contributed by atoms with Crippen molar-refractivity contribution in [3.8, 4) is 0 Å². The monoisotopic (exact) mass is 283 g/mol. The van der Waals surface area contributed by atoms with Crippen molar-refractivity contribution in [2.24, 2.45) is 7.05 Å².